The molecule has 1 N–H and O–H groups in total. The molecule has 33 heavy (non-hydrogen) atoms. The lowest BCUT2D eigenvalue weighted by Crippen LogP contribution is -2.16. The maximum atomic E-state index is 12.7. The SMILES string of the molecule is CCOC(=O)c1cc(C)sc1NC(=O)CSc1nnc(-c2csc3ccccc23)n1C(C)C. The van der Waals surface area contributed by atoms with Crippen molar-refractivity contribution in [3.63, 3.8) is 0 Å². The quantitative estimate of drug-likeness (QED) is 0.235. The van der Waals surface area contributed by atoms with Crippen molar-refractivity contribution in [3.8, 4) is 11.4 Å². The summed E-state index contributed by atoms with van der Waals surface area (Å²) in [4.78, 5) is 25.8. The number of hydrogen-bond acceptors (Lipinski definition) is 8. The van der Waals surface area contributed by atoms with Gasteiger partial charge in [-0.2, -0.15) is 0 Å². The Morgan fingerprint density at radius 3 is 2.79 bits per heavy atom. The molecule has 172 valence electrons. The minimum Gasteiger partial charge on any atom is -0.462 e. The molecule has 0 radical (unpaired) electrons. The normalized spacial score (nSPS) is 11.3. The number of fused-ring (bicyclic) bond motifs is 1. The van der Waals surface area contributed by atoms with E-state index in [-0.39, 0.29) is 24.3 Å². The van der Waals surface area contributed by atoms with Crippen LogP contribution in [-0.2, 0) is 9.53 Å². The van der Waals surface area contributed by atoms with Crippen LogP contribution in [0.25, 0.3) is 21.5 Å². The number of thioether (sulfide) groups is 1. The van der Waals surface area contributed by atoms with E-state index in [9.17, 15) is 9.59 Å². The summed E-state index contributed by atoms with van der Waals surface area (Å²) in [5, 5.41) is 16.1. The molecule has 7 nitrogen and oxygen atoms in total. The lowest BCUT2D eigenvalue weighted by molar-refractivity contribution is -0.113. The molecule has 0 aliphatic carbocycles. The van der Waals surface area contributed by atoms with Crippen LogP contribution in [0.4, 0.5) is 5.00 Å². The zero-order chi connectivity index (χ0) is 23.5. The molecule has 0 unspecified atom stereocenters. The molecule has 1 aromatic carbocycles. The Balaban J connectivity index is 1.52. The van der Waals surface area contributed by atoms with Crippen LogP contribution in [0.3, 0.4) is 0 Å². The number of hydrogen-bond donors (Lipinski definition) is 1. The molecular weight excluding hydrogens is 476 g/mol. The van der Waals surface area contributed by atoms with Gasteiger partial charge in [-0.1, -0.05) is 30.0 Å². The van der Waals surface area contributed by atoms with Crippen LogP contribution in [0.15, 0.2) is 40.9 Å². The van der Waals surface area contributed by atoms with Crippen molar-refractivity contribution in [2.24, 2.45) is 0 Å². The van der Waals surface area contributed by atoms with Gasteiger partial charge < -0.3 is 10.1 Å². The fraction of sp³-hybridized carbons (Fsp3) is 0.304. The number of benzene rings is 1. The summed E-state index contributed by atoms with van der Waals surface area (Å²) in [6.07, 6.45) is 0. The summed E-state index contributed by atoms with van der Waals surface area (Å²) in [5.41, 5.74) is 1.43. The first-order chi connectivity index (χ1) is 15.9. The first-order valence-electron chi connectivity index (χ1n) is 10.5. The lowest BCUT2D eigenvalue weighted by atomic mass is 10.1. The highest BCUT2D eigenvalue weighted by atomic mass is 32.2. The third kappa shape index (κ3) is 4.97. The molecular formula is C23H24N4O3S3. The molecule has 4 rings (SSSR count). The Hall–Kier alpha value is -2.69. The number of aryl methyl sites for hydroxylation is 1. The van der Waals surface area contributed by atoms with Gasteiger partial charge in [-0.25, -0.2) is 4.79 Å². The van der Waals surface area contributed by atoms with Gasteiger partial charge in [0.1, 0.15) is 5.00 Å². The summed E-state index contributed by atoms with van der Waals surface area (Å²) in [6, 6.07) is 10.1. The lowest BCUT2D eigenvalue weighted by Gasteiger charge is -2.13. The van der Waals surface area contributed by atoms with Crippen LogP contribution in [0.2, 0.25) is 0 Å². The van der Waals surface area contributed by atoms with Gasteiger partial charge in [0, 0.05) is 31.9 Å². The van der Waals surface area contributed by atoms with E-state index in [1.807, 2.05) is 19.1 Å². The number of rotatable bonds is 8. The van der Waals surface area contributed by atoms with E-state index in [0.717, 1.165) is 21.7 Å². The van der Waals surface area contributed by atoms with Crippen LogP contribution in [0, 0.1) is 6.92 Å². The van der Waals surface area contributed by atoms with Crippen molar-refractivity contribution in [2.45, 2.75) is 38.9 Å². The van der Waals surface area contributed by atoms with Gasteiger partial charge in [0.05, 0.1) is 17.9 Å². The Kier molecular flexibility index (Phi) is 7.16. The van der Waals surface area contributed by atoms with E-state index in [0.29, 0.717) is 15.7 Å². The van der Waals surface area contributed by atoms with E-state index < -0.39 is 5.97 Å². The van der Waals surface area contributed by atoms with Gasteiger partial charge in [0.15, 0.2) is 11.0 Å². The number of anilines is 1. The molecule has 0 aliphatic rings. The molecule has 3 aromatic heterocycles. The van der Waals surface area contributed by atoms with Crippen LogP contribution >= 0.6 is 34.4 Å². The number of thiophene rings is 2. The summed E-state index contributed by atoms with van der Waals surface area (Å²) in [7, 11) is 0. The average molecular weight is 501 g/mol. The van der Waals surface area contributed by atoms with Crippen molar-refractivity contribution >= 4 is 61.4 Å². The van der Waals surface area contributed by atoms with Gasteiger partial charge in [0.2, 0.25) is 5.91 Å². The number of esters is 1. The van der Waals surface area contributed by atoms with E-state index in [1.165, 1.54) is 27.8 Å². The van der Waals surface area contributed by atoms with Crippen molar-refractivity contribution in [2.75, 3.05) is 17.7 Å². The first-order valence-corrected chi connectivity index (χ1v) is 13.2. The highest BCUT2D eigenvalue weighted by Crippen LogP contribution is 2.36. The highest BCUT2D eigenvalue weighted by Gasteiger charge is 2.21. The second kappa shape index (κ2) is 10.1. The van der Waals surface area contributed by atoms with Gasteiger partial charge in [-0.3, -0.25) is 9.36 Å². The molecule has 3 heterocycles. The average Bonchev–Trinajstić information content (AvgIpc) is 3.48. The van der Waals surface area contributed by atoms with Crippen LogP contribution in [0.1, 0.15) is 42.0 Å². The van der Waals surface area contributed by atoms with Gasteiger partial charge in [-0.05, 0) is 39.8 Å². The molecule has 4 aromatic rings. The summed E-state index contributed by atoms with van der Waals surface area (Å²) in [5.74, 6) is 0.295. The third-order valence-electron chi connectivity index (χ3n) is 4.84. The first kappa shape index (κ1) is 23.5. The van der Waals surface area contributed by atoms with Crippen molar-refractivity contribution < 1.29 is 14.3 Å². The fourth-order valence-corrected chi connectivity index (χ4v) is 6.16. The Morgan fingerprint density at radius 1 is 1.24 bits per heavy atom. The van der Waals surface area contributed by atoms with E-state index >= 15 is 0 Å². The maximum absolute atomic E-state index is 12.7. The predicted octanol–water partition coefficient (Wildman–Crippen LogP) is 6.02. The van der Waals surface area contributed by atoms with Crippen LogP contribution in [-0.4, -0.2) is 39.0 Å². The van der Waals surface area contributed by atoms with Gasteiger partial charge in [-0.15, -0.1) is 32.9 Å². The van der Waals surface area contributed by atoms with Crippen LogP contribution in [0.5, 0.6) is 0 Å². The largest absolute Gasteiger partial charge is 0.462 e. The number of carbonyl (C=O) groups excluding carboxylic acids is 2. The minimum absolute atomic E-state index is 0.120. The second-order valence-electron chi connectivity index (χ2n) is 7.57. The highest BCUT2D eigenvalue weighted by molar-refractivity contribution is 7.99. The van der Waals surface area contributed by atoms with Gasteiger partial charge in [0.25, 0.3) is 0 Å². The number of ether oxygens (including phenoxy) is 1. The topological polar surface area (TPSA) is 86.1 Å². The van der Waals surface area contributed by atoms with Crippen molar-refractivity contribution in [1.29, 1.82) is 0 Å². The summed E-state index contributed by atoms with van der Waals surface area (Å²) >= 11 is 4.36. The number of nitrogens with zero attached hydrogens (tertiary/aromatic N) is 3. The fourth-order valence-electron chi connectivity index (χ4n) is 3.44. The molecule has 1 amide bonds. The second-order valence-corrected chi connectivity index (χ2v) is 10.7. The van der Waals surface area contributed by atoms with Crippen molar-refractivity contribution in [1.82, 2.24) is 14.8 Å². The molecule has 0 bridgehead atoms. The molecule has 0 aliphatic heterocycles. The molecule has 0 fully saturated rings. The number of carbonyl (C=O) groups is 2. The Morgan fingerprint density at radius 2 is 2.03 bits per heavy atom. The number of nitrogens with one attached hydrogen (secondary N) is 1. The standard InChI is InChI=1S/C23H24N4O3S3/c1-5-30-22(29)16-10-14(4)33-21(16)24-19(28)12-32-23-26-25-20(27(23)13(2)3)17-11-31-18-9-7-6-8-15(17)18/h6-11,13H,5,12H2,1-4H3,(H,24,28). The molecule has 0 saturated heterocycles. The summed E-state index contributed by atoms with van der Waals surface area (Å²) < 4.78 is 8.35. The zero-order valence-electron chi connectivity index (χ0n) is 18.7. The third-order valence-corrected chi connectivity index (χ3v) is 7.71. The zero-order valence-corrected chi connectivity index (χ0v) is 21.2. The minimum atomic E-state index is -0.433. The predicted molar refractivity (Wildman–Crippen MR) is 136 cm³/mol. The smallest absolute Gasteiger partial charge is 0.341 e. The molecule has 0 atom stereocenters. The van der Waals surface area contributed by atoms with Crippen LogP contribution < -0.4 is 5.32 Å². The number of amides is 1. The van der Waals surface area contributed by atoms with E-state index in [2.05, 4.69) is 51.4 Å². The number of aromatic nitrogens is 3. The van der Waals surface area contributed by atoms with E-state index in [1.54, 1.807) is 24.3 Å². The molecule has 0 spiro atoms. The Labute approximate surface area is 204 Å². The monoisotopic (exact) mass is 500 g/mol. The molecule has 10 heteroatoms. The Bertz CT molecular complexity index is 1310. The van der Waals surface area contributed by atoms with Gasteiger partial charge >= 0.3 is 5.97 Å². The summed E-state index contributed by atoms with van der Waals surface area (Å²) in [6.45, 7) is 8.07. The maximum Gasteiger partial charge on any atom is 0.341 e. The van der Waals surface area contributed by atoms with Crippen molar-refractivity contribution in [3.05, 3.63) is 46.2 Å². The van der Waals surface area contributed by atoms with E-state index in [4.69, 9.17) is 4.74 Å². The molecule has 0 saturated carbocycles.